The molecule has 0 spiro atoms. The van der Waals surface area contributed by atoms with Crippen molar-refractivity contribution in [2.24, 2.45) is 13.0 Å². The fourth-order valence-electron chi connectivity index (χ4n) is 1.93. The average molecular weight is 290 g/mol. The van der Waals surface area contributed by atoms with Crippen molar-refractivity contribution >= 4 is 5.91 Å². The first-order chi connectivity index (χ1) is 9.83. The molecule has 2 heterocycles. The van der Waals surface area contributed by atoms with Crippen LogP contribution in [0.3, 0.4) is 0 Å². The minimum Gasteiger partial charge on any atom is -0.388 e. The molecule has 0 aliphatic heterocycles. The number of nitrogens with zero attached hydrogens (tertiary/aromatic N) is 3. The van der Waals surface area contributed by atoms with Crippen LogP contribution in [-0.4, -0.2) is 37.5 Å². The molecule has 0 radical (unpaired) electrons. The van der Waals surface area contributed by atoms with Crippen LogP contribution < -0.4 is 5.32 Å². The Balaban J connectivity index is 2.18. The largest absolute Gasteiger partial charge is 0.388 e. The molecule has 6 nitrogen and oxygen atoms in total. The molecular weight excluding hydrogens is 268 g/mol. The predicted octanol–water partition coefficient (Wildman–Crippen LogP) is 1.35. The number of aromatic nitrogens is 3. The van der Waals surface area contributed by atoms with E-state index < -0.39 is 5.60 Å². The Labute approximate surface area is 124 Å². The summed E-state index contributed by atoms with van der Waals surface area (Å²) in [5, 5.41) is 17.1. The summed E-state index contributed by atoms with van der Waals surface area (Å²) in [4.78, 5) is 12.4. The van der Waals surface area contributed by atoms with Gasteiger partial charge in [-0.15, -0.1) is 0 Å². The molecular formula is C15H22N4O2. The number of amides is 1. The topological polar surface area (TPSA) is 72.1 Å². The molecule has 2 rings (SSSR count). The quantitative estimate of drug-likeness (QED) is 0.873. The van der Waals surface area contributed by atoms with Gasteiger partial charge in [0.05, 0.1) is 11.8 Å². The summed E-state index contributed by atoms with van der Waals surface area (Å²) in [6.07, 6.45) is 5.25. The lowest BCUT2D eigenvalue weighted by Gasteiger charge is -2.27. The standard InChI is InChI=1S/C15H22N4O2/c1-11(2)15(3,21)10-16-13(20)12-9-17-18(4)14(12)19-7-5-6-8-19/h5-9,11,21H,10H2,1-4H3,(H,16,20). The maximum Gasteiger partial charge on any atom is 0.256 e. The van der Waals surface area contributed by atoms with Gasteiger partial charge in [0.15, 0.2) is 0 Å². The summed E-state index contributed by atoms with van der Waals surface area (Å²) in [6.45, 7) is 5.75. The van der Waals surface area contributed by atoms with Crippen molar-refractivity contribution in [1.29, 1.82) is 0 Å². The minimum atomic E-state index is -0.939. The molecule has 0 aliphatic carbocycles. The van der Waals surface area contributed by atoms with Crippen LogP contribution in [0, 0.1) is 5.92 Å². The van der Waals surface area contributed by atoms with E-state index in [-0.39, 0.29) is 18.4 Å². The van der Waals surface area contributed by atoms with Crippen molar-refractivity contribution in [3.8, 4) is 5.82 Å². The van der Waals surface area contributed by atoms with Crippen LogP contribution in [0.2, 0.25) is 0 Å². The number of carbonyl (C=O) groups is 1. The lowest BCUT2D eigenvalue weighted by molar-refractivity contribution is 0.0142. The minimum absolute atomic E-state index is 0.0515. The second-order valence-corrected chi connectivity index (χ2v) is 5.79. The number of hydrogen-bond acceptors (Lipinski definition) is 3. The second kappa shape index (κ2) is 5.73. The van der Waals surface area contributed by atoms with Crippen LogP contribution in [-0.2, 0) is 7.05 Å². The van der Waals surface area contributed by atoms with Crippen LogP contribution >= 0.6 is 0 Å². The third-order valence-electron chi connectivity index (χ3n) is 3.85. The highest BCUT2D eigenvalue weighted by Gasteiger charge is 2.26. The van der Waals surface area contributed by atoms with E-state index >= 15 is 0 Å². The van der Waals surface area contributed by atoms with Crippen LogP contribution in [0.15, 0.2) is 30.7 Å². The van der Waals surface area contributed by atoms with Crippen LogP contribution in [0.4, 0.5) is 0 Å². The van der Waals surface area contributed by atoms with E-state index in [9.17, 15) is 9.90 Å². The maximum atomic E-state index is 12.4. The molecule has 2 aromatic rings. The molecule has 0 saturated heterocycles. The Morgan fingerprint density at radius 3 is 2.62 bits per heavy atom. The van der Waals surface area contributed by atoms with E-state index in [0.29, 0.717) is 11.4 Å². The molecule has 1 atom stereocenters. The third kappa shape index (κ3) is 3.16. The van der Waals surface area contributed by atoms with Crippen molar-refractivity contribution in [3.05, 3.63) is 36.3 Å². The van der Waals surface area contributed by atoms with E-state index in [1.807, 2.05) is 42.9 Å². The SMILES string of the molecule is CC(C)C(C)(O)CNC(=O)c1cnn(C)c1-n1cccc1. The van der Waals surface area contributed by atoms with Gasteiger partial charge in [0.2, 0.25) is 0 Å². The van der Waals surface area contributed by atoms with Gasteiger partial charge in [0.1, 0.15) is 11.4 Å². The Hall–Kier alpha value is -2.08. The first kappa shape index (κ1) is 15.3. The lowest BCUT2D eigenvalue weighted by atomic mass is 9.92. The third-order valence-corrected chi connectivity index (χ3v) is 3.85. The predicted molar refractivity (Wildman–Crippen MR) is 80.3 cm³/mol. The van der Waals surface area contributed by atoms with Crippen LogP contribution in [0.25, 0.3) is 5.82 Å². The smallest absolute Gasteiger partial charge is 0.256 e. The van der Waals surface area contributed by atoms with Gasteiger partial charge in [-0.2, -0.15) is 5.10 Å². The number of aryl methyl sites for hydroxylation is 1. The zero-order chi connectivity index (χ0) is 15.6. The zero-order valence-corrected chi connectivity index (χ0v) is 12.9. The summed E-state index contributed by atoms with van der Waals surface area (Å²) in [5.41, 5.74) is -0.459. The van der Waals surface area contributed by atoms with Crippen molar-refractivity contribution in [1.82, 2.24) is 19.7 Å². The molecule has 2 aromatic heterocycles. The van der Waals surface area contributed by atoms with Crippen molar-refractivity contribution in [3.63, 3.8) is 0 Å². The summed E-state index contributed by atoms with van der Waals surface area (Å²) in [6, 6.07) is 3.77. The van der Waals surface area contributed by atoms with Gasteiger partial charge in [-0.25, -0.2) is 0 Å². The van der Waals surface area contributed by atoms with E-state index in [0.717, 1.165) is 0 Å². The van der Waals surface area contributed by atoms with Crippen LogP contribution in [0.1, 0.15) is 31.1 Å². The maximum absolute atomic E-state index is 12.4. The van der Waals surface area contributed by atoms with Gasteiger partial charge in [-0.3, -0.25) is 9.48 Å². The van der Waals surface area contributed by atoms with Gasteiger partial charge in [-0.1, -0.05) is 13.8 Å². The van der Waals surface area contributed by atoms with E-state index in [4.69, 9.17) is 0 Å². The molecule has 0 aromatic carbocycles. The number of aliphatic hydroxyl groups is 1. The number of hydrogen-bond donors (Lipinski definition) is 2. The summed E-state index contributed by atoms with van der Waals surface area (Å²) >= 11 is 0. The summed E-state index contributed by atoms with van der Waals surface area (Å²) in [7, 11) is 1.79. The van der Waals surface area contributed by atoms with E-state index in [2.05, 4.69) is 10.4 Å². The van der Waals surface area contributed by atoms with Gasteiger partial charge in [-0.05, 0) is 25.0 Å². The molecule has 0 fully saturated rings. The lowest BCUT2D eigenvalue weighted by Crippen LogP contribution is -2.44. The monoisotopic (exact) mass is 290 g/mol. The Morgan fingerprint density at radius 2 is 2.05 bits per heavy atom. The number of rotatable bonds is 5. The van der Waals surface area contributed by atoms with Gasteiger partial charge in [0.25, 0.3) is 5.91 Å². The van der Waals surface area contributed by atoms with Gasteiger partial charge < -0.3 is 15.0 Å². The van der Waals surface area contributed by atoms with Gasteiger partial charge in [0, 0.05) is 26.0 Å². The number of carbonyl (C=O) groups excluding carboxylic acids is 1. The van der Waals surface area contributed by atoms with Crippen molar-refractivity contribution in [2.45, 2.75) is 26.4 Å². The van der Waals surface area contributed by atoms with Crippen LogP contribution in [0.5, 0.6) is 0 Å². The molecule has 21 heavy (non-hydrogen) atoms. The molecule has 6 heteroatoms. The fraction of sp³-hybridized carbons (Fsp3) is 0.467. The summed E-state index contributed by atoms with van der Waals surface area (Å²) < 4.78 is 3.48. The van der Waals surface area contributed by atoms with E-state index in [1.54, 1.807) is 18.7 Å². The zero-order valence-electron chi connectivity index (χ0n) is 12.9. The van der Waals surface area contributed by atoms with Crippen molar-refractivity contribution in [2.75, 3.05) is 6.54 Å². The normalized spacial score (nSPS) is 14.2. The molecule has 114 valence electrons. The molecule has 2 N–H and O–H groups in total. The Morgan fingerprint density at radius 1 is 1.43 bits per heavy atom. The van der Waals surface area contributed by atoms with Crippen molar-refractivity contribution < 1.29 is 9.90 Å². The fourth-order valence-corrected chi connectivity index (χ4v) is 1.93. The first-order valence-corrected chi connectivity index (χ1v) is 6.99. The Bertz CT molecular complexity index is 612. The molecule has 1 unspecified atom stereocenters. The number of nitrogens with one attached hydrogen (secondary N) is 1. The molecule has 1 amide bonds. The highest BCUT2D eigenvalue weighted by atomic mass is 16.3. The highest BCUT2D eigenvalue weighted by molar-refractivity contribution is 5.97. The highest BCUT2D eigenvalue weighted by Crippen LogP contribution is 2.16. The molecule has 0 saturated carbocycles. The second-order valence-electron chi connectivity index (χ2n) is 5.79. The van der Waals surface area contributed by atoms with E-state index in [1.165, 1.54) is 6.20 Å². The summed E-state index contributed by atoms with van der Waals surface area (Å²) in [5.74, 6) is 0.505. The Kier molecular flexibility index (Phi) is 4.18. The first-order valence-electron chi connectivity index (χ1n) is 6.99. The average Bonchev–Trinajstić information content (AvgIpc) is 3.04. The molecule has 0 bridgehead atoms. The molecule has 0 aliphatic rings. The van der Waals surface area contributed by atoms with Gasteiger partial charge >= 0.3 is 0 Å².